The third kappa shape index (κ3) is 3.45. The minimum Gasteiger partial charge on any atom is -0.478 e. The fourth-order valence-electron chi connectivity index (χ4n) is 4.73. The second-order valence-electron chi connectivity index (χ2n) is 8.75. The number of carbonyl (C=O) groups is 1. The Balaban J connectivity index is 2.20. The van der Waals surface area contributed by atoms with E-state index in [1.165, 1.54) is 10.4 Å². The smallest absolute Gasteiger partial charge is 0.336 e. The van der Waals surface area contributed by atoms with Crippen LogP contribution in [0.1, 0.15) is 21.5 Å². The van der Waals surface area contributed by atoms with Crippen LogP contribution in [0.3, 0.4) is 0 Å². The Labute approximate surface area is 196 Å². The van der Waals surface area contributed by atoms with Crippen LogP contribution >= 0.6 is 0 Å². The van der Waals surface area contributed by atoms with Crippen molar-refractivity contribution in [3.8, 4) is 0 Å². The number of anilines is 1. The van der Waals surface area contributed by atoms with Crippen molar-refractivity contribution >= 4 is 36.2 Å². The van der Waals surface area contributed by atoms with E-state index in [-0.39, 0.29) is 0 Å². The topological polar surface area (TPSA) is 43.6 Å². The molecule has 0 saturated carbocycles. The Bertz CT molecular complexity index is 1310. The molecule has 0 bridgehead atoms. The highest BCUT2D eigenvalue weighted by atomic mass is 28.3. The third-order valence-corrected chi connectivity index (χ3v) is 10.4. The lowest BCUT2D eigenvalue weighted by Gasteiger charge is -2.39. The van der Waals surface area contributed by atoms with Gasteiger partial charge in [0.15, 0.2) is 13.8 Å². The zero-order chi connectivity index (χ0) is 23.9. The van der Waals surface area contributed by atoms with E-state index in [1.807, 2.05) is 40.3 Å². The van der Waals surface area contributed by atoms with Gasteiger partial charge >= 0.3 is 5.97 Å². The normalized spacial score (nSPS) is 15.9. The van der Waals surface area contributed by atoms with Crippen molar-refractivity contribution in [3.05, 3.63) is 113 Å². The van der Waals surface area contributed by atoms with Crippen LogP contribution in [0.15, 0.2) is 96.0 Å². The molecule has 33 heavy (non-hydrogen) atoms. The number of nitrogens with zero attached hydrogens (tertiary/aromatic N) is 2. The first-order valence-corrected chi connectivity index (χ1v) is 13.0. The largest absolute Gasteiger partial charge is 0.478 e. The molecule has 0 saturated heterocycles. The van der Waals surface area contributed by atoms with E-state index in [0.717, 1.165) is 33.7 Å². The number of carboxylic acid groups (broad SMARTS) is 1. The second-order valence-corrected chi connectivity index (χ2v) is 12.4. The van der Waals surface area contributed by atoms with E-state index < -0.39 is 14.0 Å². The van der Waals surface area contributed by atoms with Crippen molar-refractivity contribution in [2.45, 2.75) is 0 Å². The zero-order valence-electron chi connectivity index (χ0n) is 19.6. The van der Waals surface area contributed by atoms with Gasteiger partial charge in [0, 0.05) is 31.9 Å². The van der Waals surface area contributed by atoms with Crippen molar-refractivity contribution in [1.29, 1.82) is 0 Å². The minimum atomic E-state index is -2.54. The van der Waals surface area contributed by atoms with Crippen LogP contribution in [0, 0.1) is 0 Å². The highest BCUT2D eigenvalue weighted by molar-refractivity contribution is 7.07. The van der Waals surface area contributed by atoms with Crippen molar-refractivity contribution in [2.75, 3.05) is 33.1 Å². The summed E-state index contributed by atoms with van der Waals surface area (Å²) in [7, 11) is 5.56. The second kappa shape index (κ2) is 8.33. The summed E-state index contributed by atoms with van der Waals surface area (Å²) in [6.45, 7) is 8.56. The van der Waals surface area contributed by atoms with Gasteiger partial charge in [0.05, 0.1) is 5.56 Å². The highest BCUT2D eigenvalue weighted by Crippen LogP contribution is 2.43. The maximum absolute atomic E-state index is 12.2. The molecule has 2 aromatic carbocycles. The Hall–Kier alpha value is -3.70. The van der Waals surface area contributed by atoms with Gasteiger partial charge in [-0.05, 0) is 56.9 Å². The lowest BCUT2D eigenvalue weighted by Crippen LogP contribution is -2.52. The summed E-state index contributed by atoms with van der Waals surface area (Å²) >= 11 is 0. The first kappa shape index (κ1) is 22.5. The van der Waals surface area contributed by atoms with Crippen LogP contribution in [-0.4, -0.2) is 57.6 Å². The molecular formula is C28H29N2O2Si+. The average Bonchev–Trinajstić information content (AvgIpc) is 2.81. The molecule has 2 aromatic rings. The molecule has 0 atom stereocenters. The summed E-state index contributed by atoms with van der Waals surface area (Å²) < 4.78 is 2.09. The summed E-state index contributed by atoms with van der Waals surface area (Å²) in [5.74, 6) is -0.933. The van der Waals surface area contributed by atoms with Gasteiger partial charge in [0.2, 0.25) is 0 Å². The number of aromatic carboxylic acids is 1. The van der Waals surface area contributed by atoms with Gasteiger partial charge in [-0.2, -0.15) is 0 Å². The van der Waals surface area contributed by atoms with E-state index >= 15 is 0 Å². The Morgan fingerprint density at radius 1 is 1.03 bits per heavy atom. The molecule has 0 unspecified atom stereocenters. The summed E-state index contributed by atoms with van der Waals surface area (Å²) in [4.78, 5) is 14.3. The van der Waals surface area contributed by atoms with E-state index in [2.05, 4.69) is 70.5 Å². The van der Waals surface area contributed by atoms with Gasteiger partial charge in [0.1, 0.15) is 14.1 Å². The SMILES string of the molecule is C=C[Si]1(C=C)C2=CC(=[N+](C)C)C=CC2=C(c2ccccc2C(=O)O)c2ccc(N(C)C)cc21. The summed E-state index contributed by atoms with van der Waals surface area (Å²) in [5, 5.41) is 12.3. The molecule has 2 aliphatic rings. The van der Waals surface area contributed by atoms with Gasteiger partial charge in [0.25, 0.3) is 0 Å². The van der Waals surface area contributed by atoms with E-state index in [9.17, 15) is 9.90 Å². The van der Waals surface area contributed by atoms with Crippen molar-refractivity contribution < 1.29 is 14.5 Å². The summed E-state index contributed by atoms with van der Waals surface area (Å²) in [6.07, 6.45) is 6.43. The highest BCUT2D eigenvalue weighted by Gasteiger charge is 2.43. The first-order valence-electron chi connectivity index (χ1n) is 10.9. The quantitative estimate of drug-likeness (QED) is 0.547. The fraction of sp³-hybridized carbons (Fsp3) is 0.143. The lowest BCUT2D eigenvalue weighted by atomic mass is 9.87. The predicted octanol–water partition coefficient (Wildman–Crippen LogP) is 4.12. The van der Waals surface area contributed by atoms with E-state index in [4.69, 9.17) is 0 Å². The predicted molar refractivity (Wildman–Crippen MR) is 140 cm³/mol. The number of hydrogen-bond acceptors (Lipinski definition) is 2. The third-order valence-electron chi connectivity index (χ3n) is 6.54. The van der Waals surface area contributed by atoms with Crippen LogP contribution < -0.4 is 10.1 Å². The monoisotopic (exact) mass is 453 g/mol. The molecule has 166 valence electrons. The van der Waals surface area contributed by atoms with Crippen molar-refractivity contribution in [3.63, 3.8) is 0 Å². The van der Waals surface area contributed by atoms with Crippen LogP contribution in [0.4, 0.5) is 5.69 Å². The van der Waals surface area contributed by atoms with Gasteiger partial charge < -0.3 is 10.0 Å². The standard InChI is InChI=1S/C28H28N2O2Si/c1-7-33(8-2)25-17-19(29(3)4)13-15-23(25)27(21-11-9-10-12-22(21)28(31)32)24-16-14-20(30(5)6)18-26(24)33/h7-18H,1-2H2,3-6H3/p+1. The molecule has 0 fully saturated rings. The maximum Gasteiger partial charge on any atom is 0.336 e. The molecule has 1 N–H and O–H groups in total. The number of allylic oxidation sites excluding steroid dienone is 5. The molecule has 0 radical (unpaired) electrons. The Kier molecular flexibility index (Phi) is 5.68. The molecule has 1 aliphatic heterocycles. The summed E-state index contributed by atoms with van der Waals surface area (Å²) in [6, 6.07) is 13.7. The number of carboxylic acids is 1. The zero-order valence-corrected chi connectivity index (χ0v) is 20.6. The van der Waals surface area contributed by atoms with Gasteiger partial charge in [-0.25, -0.2) is 9.37 Å². The number of rotatable bonds is 5. The molecule has 0 aromatic heterocycles. The van der Waals surface area contributed by atoms with Crippen LogP contribution in [0.25, 0.3) is 5.57 Å². The molecule has 4 nitrogen and oxygen atoms in total. The van der Waals surface area contributed by atoms with Gasteiger partial charge in [-0.15, -0.1) is 13.2 Å². The number of benzene rings is 2. The molecule has 1 aliphatic carbocycles. The average molecular weight is 454 g/mol. The summed E-state index contributed by atoms with van der Waals surface area (Å²) in [5.41, 5.74) is 10.4. The molecular weight excluding hydrogens is 424 g/mol. The Morgan fingerprint density at radius 2 is 1.73 bits per heavy atom. The van der Waals surface area contributed by atoms with Gasteiger partial charge in [-0.1, -0.05) is 35.7 Å². The molecule has 0 spiro atoms. The number of fused-ring (bicyclic) bond motifs is 2. The van der Waals surface area contributed by atoms with E-state index in [1.54, 1.807) is 12.1 Å². The van der Waals surface area contributed by atoms with Crippen molar-refractivity contribution in [1.82, 2.24) is 0 Å². The van der Waals surface area contributed by atoms with Crippen LogP contribution in [-0.2, 0) is 0 Å². The van der Waals surface area contributed by atoms with Crippen molar-refractivity contribution in [2.24, 2.45) is 0 Å². The Morgan fingerprint density at radius 3 is 2.33 bits per heavy atom. The lowest BCUT2D eigenvalue weighted by molar-refractivity contribution is -0.462. The molecule has 5 heteroatoms. The minimum absolute atomic E-state index is 0.296. The number of hydrogen-bond donors (Lipinski definition) is 1. The van der Waals surface area contributed by atoms with E-state index in [0.29, 0.717) is 5.56 Å². The van der Waals surface area contributed by atoms with Crippen LogP contribution in [0.2, 0.25) is 0 Å². The molecule has 1 heterocycles. The molecule has 0 amide bonds. The fourth-order valence-corrected chi connectivity index (χ4v) is 8.15. The van der Waals surface area contributed by atoms with Gasteiger partial charge in [-0.3, -0.25) is 0 Å². The first-order chi connectivity index (χ1) is 15.7. The molecule has 4 rings (SSSR count). The maximum atomic E-state index is 12.2. The van der Waals surface area contributed by atoms with Crippen LogP contribution in [0.5, 0.6) is 0 Å².